The molecular formula is C16H10ClNO4. The largest absolute Gasteiger partial charge is 0.465 e. The summed E-state index contributed by atoms with van der Waals surface area (Å²) < 4.78 is 4.76. The third-order valence-electron chi connectivity index (χ3n) is 3.52. The molecule has 6 heteroatoms. The Morgan fingerprint density at radius 1 is 1.18 bits per heavy atom. The summed E-state index contributed by atoms with van der Waals surface area (Å²) in [6.07, 6.45) is 0. The second kappa shape index (κ2) is 5.27. The normalized spacial score (nSPS) is 10.8. The summed E-state index contributed by atoms with van der Waals surface area (Å²) in [5, 5.41) is 14.2. The first-order valence-electron chi connectivity index (χ1n) is 6.40. The Kier molecular flexibility index (Phi) is 3.42. The maximum Gasteiger partial charge on any atom is 0.338 e. The molecule has 3 aromatic rings. The summed E-state index contributed by atoms with van der Waals surface area (Å²) in [6.45, 7) is 0. The highest BCUT2D eigenvalue weighted by Crippen LogP contribution is 2.36. The predicted octanol–water partition coefficient (Wildman–Crippen LogP) is 4.34. The second-order valence-electron chi connectivity index (χ2n) is 4.74. The van der Waals surface area contributed by atoms with Gasteiger partial charge in [-0.15, -0.1) is 0 Å². The van der Waals surface area contributed by atoms with Gasteiger partial charge in [0.15, 0.2) is 0 Å². The molecule has 0 atom stereocenters. The van der Waals surface area contributed by atoms with Gasteiger partial charge in [0, 0.05) is 11.1 Å². The van der Waals surface area contributed by atoms with Crippen LogP contribution >= 0.6 is 11.6 Å². The lowest BCUT2D eigenvalue weighted by Gasteiger charge is -2.10. The van der Waals surface area contributed by atoms with Crippen LogP contribution in [0.3, 0.4) is 0 Å². The molecule has 22 heavy (non-hydrogen) atoms. The van der Waals surface area contributed by atoms with Crippen molar-refractivity contribution < 1.29 is 14.5 Å². The van der Waals surface area contributed by atoms with E-state index in [0.29, 0.717) is 10.4 Å². The van der Waals surface area contributed by atoms with Crippen molar-refractivity contribution in [1.29, 1.82) is 0 Å². The smallest absolute Gasteiger partial charge is 0.338 e. The van der Waals surface area contributed by atoms with Crippen molar-refractivity contribution in [3.8, 4) is 0 Å². The van der Waals surface area contributed by atoms with E-state index < -0.39 is 10.9 Å². The van der Waals surface area contributed by atoms with E-state index >= 15 is 0 Å². The van der Waals surface area contributed by atoms with E-state index in [0.717, 1.165) is 10.8 Å². The van der Waals surface area contributed by atoms with Crippen LogP contribution in [0.1, 0.15) is 10.4 Å². The number of nitro groups is 1. The van der Waals surface area contributed by atoms with Gasteiger partial charge in [0.25, 0.3) is 5.69 Å². The highest BCUT2D eigenvalue weighted by atomic mass is 35.5. The van der Waals surface area contributed by atoms with E-state index in [1.807, 2.05) is 0 Å². The van der Waals surface area contributed by atoms with Crippen LogP contribution in [0.25, 0.3) is 21.5 Å². The molecule has 0 fully saturated rings. The number of carbonyl (C=O) groups is 1. The molecule has 0 heterocycles. The molecule has 0 unspecified atom stereocenters. The van der Waals surface area contributed by atoms with Crippen LogP contribution in [0.4, 0.5) is 5.69 Å². The summed E-state index contributed by atoms with van der Waals surface area (Å²) in [7, 11) is 1.25. The molecule has 0 spiro atoms. The van der Waals surface area contributed by atoms with E-state index in [9.17, 15) is 14.9 Å². The molecular weight excluding hydrogens is 306 g/mol. The Morgan fingerprint density at radius 2 is 1.95 bits per heavy atom. The van der Waals surface area contributed by atoms with Crippen molar-refractivity contribution in [2.24, 2.45) is 0 Å². The summed E-state index contributed by atoms with van der Waals surface area (Å²) in [5.41, 5.74) is 0.0272. The lowest BCUT2D eigenvalue weighted by atomic mass is 9.96. The highest BCUT2D eigenvalue weighted by molar-refractivity contribution is 6.32. The molecule has 0 aromatic heterocycles. The second-order valence-corrected chi connectivity index (χ2v) is 5.17. The number of hydrogen-bond donors (Lipinski definition) is 0. The monoisotopic (exact) mass is 315 g/mol. The van der Waals surface area contributed by atoms with E-state index in [1.165, 1.54) is 13.2 Å². The highest BCUT2D eigenvalue weighted by Gasteiger charge is 2.21. The molecule has 3 rings (SSSR count). The zero-order valence-corrected chi connectivity index (χ0v) is 12.3. The quantitative estimate of drug-likeness (QED) is 0.305. The van der Waals surface area contributed by atoms with Gasteiger partial charge in [-0.25, -0.2) is 4.79 Å². The first kappa shape index (κ1) is 14.3. The fraction of sp³-hybridized carbons (Fsp3) is 0.0625. The standard InChI is InChI=1S/C16H10ClNO4/c1-22-16(19)13-7-9-5-6-10(17)8-12(9)11-3-2-4-14(15(11)13)18(20)21/h2-8H,1H3. The van der Waals surface area contributed by atoms with Gasteiger partial charge >= 0.3 is 5.97 Å². The molecule has 3 aromatic carbocycles. The molecule has 0 aliphatic carbocycles. The van der Waals surface area contributed by atoms with Crippen molar-refractivity contribution in [2.75, 3.05) is 7.11 Å². The zero-order valence-electron chi connectivity index (χ0n) is 11.5. The van der Waals surface area contributed by atoms with E-state index in [2.05, 4.69) is 0 Å². The number of carbonyl (C=O) groups excluding carboxylic acids is 1. The topological polar surface area (TPSA) is 69.4 Å². The molecule has 0 N–H and O–H groups in total. The molecule has 5 nitrogen and oxygen atoms in total. The Labute approximate surface area is 130 Å². The third kappa shape index (κ3) is 2.16. The number of ether oxygens (including phenoxy) is 1. The number of halogens is 1. The number of rotatable bonds is 2. The average molecular weight is 316 g/mol. The summed E-state index contributed by atoms with van der Waals surface area (Å²) in [4.78, 5) is 22.8. The first-order chi connectivity index (χ1) is 10.5. The van der Waals surface area contributed by atoms with Crippen LogP contribution in [0.5, 0.6) is 0 Å². The third-order valence-corrected chi connectivity index (χ3v) is 3.75. The minimum atomic E-state index is -0.615. The number of nitro benzene ring substituents is 1. The van der Waals surface area contributed by atoms with Gasteiger partial charge in [-0.3, -0.25) is 10.1 Å². The Hall–Kier alpha value is -2.66. The van der Waals surface area contributed by atoms with Gasteiger partial charge in [0.2, 0.25) is 0 Å². The Bertz CT molecular complexity index is 936. The van der Waals surface area contributed by atoms with Crippen LogP contribution in [-0.4, -0.2) is 18.0 Å². The van der Waals surface area contributed by atoms with E-state index in [4.69, 9.17) is 16.3 Å². The minimum absolute atomic E-state index is 0.139. The van der Waals surface area contributed by atoms with Crippen LogP contribution in [-0.2, 0) is 4.74 Å². The molecule has 0 saturated heterocycles. The molecule has 0 amide bonds. The number of benzene rings is 3. The predicted molar refractivity (Wildman–Crippen MR) is 84.5 cm³/mol. The molecule has 0 bridgehead atoms. The van der Waals surface area contributed by atoms with Crippen molar-refractivity contribution >= 4 is 44.8 Å². The Morgan fingerprint density at radius 3 is 2.64 bits per heavy atom. The van der Waals surface area contributed by atoms with Crippen LogP contribution in [0, 0.1) is 10.1 Å². The van der Waals surface area contributed by atoms with Crippen molar-refractivity contribution in [1.82, 2.24) is 0 Å². The maximum absolute atomic E-state index is 12.0. The molecule has 110 valence electrons. The van der Waals surface area contributed by atoms with Crippen molar-refractivity contribution in [3.63, 3.8) is 0 Å². The van der Waals surface area contributed by atoms with E-state index in [-0.39, 0.29) is 16.6 Å². The molecule has 0 aliphatic heterocycles. The van der Waals surface area contributed by atoms with E-state index in [1.54, 1.807) is 36.4 Å². The van der Waals surface area contributed by atoms with Crippen molar-refractivity contribution in [3.05, 3.63) is 63.2 Å². The van der Waals surface area contributed by atoms with Gasteiger partial charge in [-0.2, -0.15) is 0 Å². The van der Waals surface area contributed by atoms with Gasteiger partial charge in [-0.1, -0.05) is 29.8 Å². The van der Waals surface area contributed by atoms with Gasteiger partial charge < -0.3 is 4.74 Å². The number of hydrogen-bond acceptors (Lipinski definition) is 4. The molecule has 0 aliphatic rings. The SMILES string of the molecule is COC(=O)c1cc2ccc(Cl)cc2c2cccc([N+](=O)[O-])c12. The van der Waals surface area contributed by atoms with Gasteiger partial charge in [-0.05, 0) is 34.4 Å². The average Bonchev–Trinajstić information content (AvgIpc) is 2.52. The number of fused-ring (bicyclic) bond motifs is 3. The number of esters is 1. The van der Waals surface area contributed by atoms with Crippen LogP contribution in [0.2, 0.25) is 5.02 Å². The number of nitrogens with zero attached hydrogens (tertiary/aromatic N) is 1. The van der Waals surface area contributed by atoms with Crippen molar-refractivity contribution in [2.45, 2.75) is 0 Å². The van der Waals surface area contributed by atoms with Crippen LogP contribution in [0.15, 0.2) is 42.5 Å². The molecule has 0 radical (unpaired) electrons. The van der Waals surface area contributed by atoms with Gasteiger partial charge in [0.05, 0.1) is 23.0 Å². The fourth-order valence-electron chi connectivity index (χ4n) is 2.59. The fourth-order valence-corrected chi connectivity index (χ4v) is 2.76. The van der Waals surface area contributed by atoms with Gasteiger partial charge in [0.1, 0.15) is 0 Å². The Balaban J connectivity index is 2.57. The zero-order chi connectivity index (χ0) is 15.9. The molecule has 0 saturated carbocycles. The minimum Gasteiger partial charge on any atom is -0.465 e. The lowest BCUT2D eigenvalue weighted by Crippen LogP contribution is -2.04. The lowest BCUT2D eigenvalue weighted by molar-refractivity contribution is -0.383. The maximum atomic E-state index is 12.0. The number of non-ortho nitro benzene ring substituents is 1. The summed E-state index contributed by atoms with van der Waals surface area (Å²) >= 11 is 6.03. The summed E-state index contributed by atoms with van der Waals surface area (Å²) in [5.74, 6) is -0.615. The number of methoxy groups -OCH3 is 1. The van der Waals surface area contributed by atoms with Crippen LogP contribution < -0.4 is 0 Å². The first-order valence-corrected chi connectivity index (χ1v) is 6.78. The summed E-state index contributed by atoms with van der Waals surface area (Å²) in [6, 6.07) is 11.5.